The van der Waals surface area contributed by atoms with E-state index in [0.717, 1.165) is 5.56 Å². The summed E-state index contributed by atoms with van der Waals surface area (Å²) >= 11 is 1.21. The van der Waals surface area contributed by atoms with Crippen molar-refractivity contribution >= 4 is 28.3 Å². The quantitative estimate of drug-likeness (QED) is 0.860. The van der Waals surface area contributed by atoms with Crippen molar-refractivity contribution in [1.82, 2.24) is 4.98 Å². The number of rotatable bonds is 6. The maximum absolute atomic E-state index is 11.9. The lowest BCUT2D eigenvalue weighted by molar-refractivity contribution is -0.136. The highest BCUT2D eigenvalue weighted by Gasteiger charge is 2.12. The van der Waals surface area contributed by atoms with Gasteiger partial charge in [0, 0.05) is 11.3 Å². The number of benzene rings is 1. The van der Waals surface area contributed by atoms with Crippen LogP contribution in [-0.2, 0) is 22.4 Å². The first-order valence-corrected chi connectivity index (χ1v) is 7.38. The number of aryl methyl sites for hydroxylation is 2. The lowest BCUT2D eigenvalue weighted by Crippen LogP contribution is -2.12. The second-order valence-electron chi connectivity index (χ2n) is 4.63. The molecule has 0 aliphatic heterocycles. The maximum atomic E-state index is 11.9. The Morgan fingerprint density at radius 1 is 1.29 bits per heavy atom. The van der Waals surface area contributed by atoms with E-state index in [-0.39, 0.29) is 12.3 Å². The predicted molar refractivity (Wildman–Crippen MR) is 81.6 cm³/mol. The molecule has 0 saturated heterocycles. The van der Waals surface area contributed by atoms with Crippen LogP contribution in [-0.4, -0.2) is 22.0 Å². The van der Waals surface area contributed by atoms with Crippen molar-refractivity contribution in [2.24, 2.45) is 0 Å². The number of carboxylic acid groups (broad SMARTS) is 1. The van der Waals surface area contributed by atoms with E-state index in [1.54, 1.807) is 6.92 Å². The van der Waals surface area contributed by atoms with E-state index in [4.69, 9.17) is 5.11 Å². The topological polar surface area (TPSA) is 79.3 Å². The average molecular weight is 304 g/mol. The van der Waals surface area contributed by atoms with Gasteiger partial charge in [0.05, 0.1) is 12.1 Å². The van der Waals surface area contributed by atoms with Crippen molar-refractivity contribution in [1.29, 1.82) is 0 Å². The van der Waals surface area contributed by atoms with E-state index < -0.39 is 5.97 Å². The van der Waals surface area contributed by atoms with Crippen LogP contribution in [0.25, 0.3) is 0 Å². The summed E-state index contributed by atoms with van der Waals surface area (Å²) in [7, 11) is 0. The van der Waals surface area contributed by atoms with Crippen LogP contribution in [0, 0.1) is 6.92 Å². The highest BCUT2D eigenvalue weighted by Crippen LogP contribution is 2.23. The van der Waals surface area contributed by atoms with Gasteiger partial charge in [-0.2, -0.15) is 0 Å². The Bertz CT molecular complexity index is 638. The van der Waals surface area contributed by atoms with E-state index in [1.807, 2.05) is 30.3 Å². The summed E-state index contributed by atoms with van der Waals surface area (Å²) in [6, 6.07) is 9.77. The number of hydrogen-bond acceptors (Lipinski definition) is 4. The normalized spacial score (nSPS) is 10.3. The molecular formula is C15H16N2O3S. The standard InChI is InChI=1S/C15H16N2O3S/c1-10-12(9-14(19)20)21-15(16-10)17-13(18)8-7-11-5-3-2-4-6-11/h2-6H,7-9H2,1H3,(H,19,20)(H,16,17,18). The summed E-state index contributed by atoms with van der Waals surface area (Å²) in [5.41, 5.74) is 1.76. The summed E-state index contributed by atoms with van der Waals surface area (Å²) in [5, 5.41) is 12.0. The smallest absolute Gasteiger partial charge is 0.308 e. The van der Waals surface area contributed by atoms with Crippen molar-refractivity contribution in [2.45, 2.75) is 26.2 Å². The molecule has 1 heterocycles. The van der Waals surface area contributed by atoms with Gasteiger partial charge in [0.2, 0.25) is 5.91 Å². The number of amides is 1. The Hall–Kier alpha value is -2.21. The van der Waals surface area contributed by atoms with Gasteiger partial charge in [0.25, 0.3) is 0 Å². The number of carbonyl (C=O) groups is 2. The van der Waals surface area contributed by atoms with E-state index >= 15 is 0 Å². The van der Waals surface area contributed by atoms with Crippen molar-refractivity contribution in [3.8, 4) is 0 Å². The molecule has 0 radical (unpaired) electrons. The van der Waals surface area contributed by atoms with Crippen molar-refractivity contribution in [2.75, 3.05) is 5.32 Å². The molecule has 0 spiro atoms. The molecule has 0 saturated carbocycles. The molecular weight excluding hydrogens is 288 g/mol. The molecule has 1 aromatic heterocycles. The largest absolute Gasteiger partial charge is 0.481 e. The van der Waals surface area contributed by atoms with Crippen LogP contribution in [0.2, 0.25) is 0 Å². The Morgan fingerprint density at radius 2 is 2.00 bits per heavy atom. The van der Waals surface area contributed by atoms with E-state index in [9.17, 15) is 9.59 Å². The number of nitrogens with one attached hydrogen (secondary N) is 1. The summed E-state index contributed by atoms with van der Waals surface area (Å²) in [5.74, 6) is -1.02. The lowest BCUT2D eigenvalue weighted by atomic mass is 10.1. The second-order valence-corrected chi connectivity index (χ2v) is 5.72. The van der Waals surface area contributed by atoms with Crippen molar-refractivity contribution in [3.63, 3.8) is 0 Å². The molecule has 2 N–H and O–H groups in total. The zero-order chi connectivity index (χ0) is 15.2. The third kappa shape index (κ3) is 4.68. The number of carboxylic acids is 1. The van der Waals surface area contributed by atoms with Crippen LogP contribution in [0.4, 0.5) is 5.13 Å². The number of aromatic nitrogens is 1. The predicted octanol–water partition coefficient (Wildman–Crippen LogP) is 2.65. The van der Waals surface area contributed by atoms with Crippen molar-refractivity contribution < 1.29 is 14.7 Å². The van der Waals surface area contributed by atoms with Crippen LogP contribution >= 0.6 is 11.3 Å². The Balaban J connectivity index is 1.89. The minimum absolute atomic E-state index is 0.0661. The van der Waals surface area contributed by atoms with Crippen molar-refractivity contribution in [3.05, 3.63) is 46.5 Å². The van der Waals surface area contributed by atoms with Gasteiger partial charge >= 0.3 is 5.97 Å². The molecule has 2 aromatic rings. The van der Waals surface area contributed by atoms with E-state index in [0.29, 0.717) is 28.5 Å². The first kappa shape index (κ1) is 15.2. The molecule has 0 bridgehead atoms. The molecule has 2 rings (SSSR count). The lowest BCUT2D eigenvalue weighted by Gasteiger charge is -2.01. The minimum atomic E-state index is -0.899. The second kappa shape index (κ2) is 6.99. The fraction of sp³-hybridized carbons (Fsp3) is 0.267. The SMILES string of the molecule is Cc1nc(NC(=O)CCc2ccccc2)sc1CC(=O)O. The van der Waals surface area contributed by atoms with Gasteiger partial charge in [0.1, 0.15) is 0 Å². The van der Waals surface area contributed by atoms with Gasteiger partial charge in [-0.25, -0.2) is 4.98 Å². The van der Waals surface area contributed by atoms with Crippen LogP contribution in [0.5, 0.6) is 0 Å². The van der Waals surface area contributed by atoms with Gasteiger partial charge < -0.3 is 10.4 Å². The molecule has 0 fully saturated rings. The highest BCUT2D eigenvalue weighted by molar-refractivity contribution is 7.16. The molecule has 21 heavy (non-hydrogen) atoms. The fourth-order valence-electron chi connectivity index (χ4n) is 1.87. The fourth-order valence-corrected chi connectivity index (χ4v) is 2.84. The molecule has 110 valence electrons. The monoisotopic (exact) mass is 304 g/mol. The average Bonchev–Trinajstić information content (AvgIpc) is 2.77. The van der Waals surface area contributed by atoms with Gasteiger partial charge in [0.15, 0.2) is 5.13 Å². The zero-order valence-corrected chi connectivity index (χ0v) is 12.4. The first-order valence-electron chi connectivity index (χ1n) is 6.56. The Kier molecular flexibility index (Phi) is 5.05. The molecule has 0 unspecified atom stereocenters. The number of thiazole rings is 1. The van der Waals surface area contributed by atoms with Crippen LogP contribution < -0.4 is 5.32 Å². The number of aliphatic carboxylic acids is 1. The summed E-state index contributed by atoms with van der Waals surface area (Å²) < 4.78 is 0. The summed E-state index contributed by atoms with van der Waals surface area (Å²) in [6.45, 7) is 1.74. The van der Waals surface area contributed by atoms with Crippen LogP contribution in [0.1, 0.15) is 22.6 Å². The maximum Gasteiger partial charge on any atom is 0.308 e. The van der Waals surface area contributed by atoms with Gasteiger partial charge in [-0.15, -0.1) is 11.3 Å². The third-order valence-corrected chi connectivity index (χ3v) is 4.01. The molecule has 0 aliphatic rings. The van der Waals surface area contributed by atoms with Gasteiger partial charge in [-0.1, -0.05) is 30.3 Å². The van der Waals surface area contributed by atoms with Crippen LogP contribution in [0.15, 0.2) is 30.3 Å². The summed E-state index contributed by atoms with van der Waals surface area (Å²) in [6.07, 6.45) is 0.972. The Morgan fingerprint density at radius 3 is 2.67 bits per heavy atom. The molecule has 1 aromatic carbocycles. The Labute approximate surface area is 126 Å². The highest BCUT2D eigenvalue weighted by atomic mass is 32.1. The molecule has 0 atom stereocenters. The van der Waals surface area contributed by atoms with Gasteiger partial charge in [-0.3, -0.25) is 9.59 Å². The molecule has 5 nitrogen and oxygen atoms in total. The number of hydrogen-bond donors (Lipinski definition) is 2. The zero-order valence-electron chi connectivity index (χ0n) is 11.6. The molecule has 6 heteroatoms. The molecule has 0 aliphatic carbocycles. The number of carbonyl (C=O) groups excluding carboxylic acids is 1. The summed E-state index contributed by atoms with van der Waals surface area (Å²) in [4.78, 5) is 27.4. The minimum Gasteiger partial charge on any atom is -0.481 e. The third-order valence-electron chi connectivity index (χ3n) is 2.93. The van der Waals surface area contributed by atoms with E-state index in [1.165, 1.54) is 11.3 Å². The number of anilines is 1. The van der Waals surface area contributed by atoms with Gasteiger partial charge in [-0.05, 0) is 18.9 Å². The van der Waals surface area contributed by atoms with E-state index in [2.05, 4.69) is 10.3 Å². The number of nitrogens with zero attached hydrogens (tertiary/aromatic N) is 1. The first-order chi connectivity index (χ1) is 10.0. The van der Waals surface area contributed by atoms with Crippen LogP contribution in [0.3, 0.4) is 0 Å². The molecule has 1 amide bonds.